The van der Waals surface area contributed by atoms with Crippen molar-refractivity contribution in [2.45, 2.75) is 12.7 Å². The predicted octanol–water partition coefficient (Wildman–Crippen LogP) is 2.41. The number of rotatable bonds is 3. The molecule has 1 aromatic heterocycles. The summed E-state index contributed by atoms with van der Waals surface area (Å²) < 4.78 is 38.0. The second kappa shape index (κ2) is 5.66. The Kier molecular flexibility index (Phi) is 3.93. The molecule has 0 bridgehead atoms. The summed E-state index contributed by atoms with van der Waals surface area (Å²) in [7, 11) is 0. The van der Waals surface area contributed by atoms with E-state index in [4.69, 9.17) is 5.26 Å². The van der Waals surface area contributed by atoms with Crippen molar-refractivity contribution >= 4 is 11.6 Å². The van der Waals surface area contributed by atoms with E-state index in [2.05, 4.69) is 10.4 Å². The number of carbonyl (C=O) groups is 1. The molecule has 0 saturated heterocycles. The van der Waals surface area contributed by atoms with E-state index in [9.17, 15) is 18.0 Å². The van der Waals surface area contributed by atoms with Crippen molar-refractivity contribution in [3.8, 4) is 6.07 Å². The van der Waals surface area contributed by atoms with Crippen LogP contribution >= 0.6 is 0 Å². The number of alkyl halides is 3. The lowest BCUT2D eigenvalue weighted by Gasteiger charge is -2.06. The number of nitriles is 1. The van der Waals surface area contributed by atoms with Gasteiger partial charge in [-0.2, -0.15) is 23.5 Å². The van der Waals surface area contributed by atoms with Gasteiger partial charge in [-0.3, -0.25) is 9.48 Å². The van der Waals surface area contributed by atoms with Crippen LogP contribution in [0.4, 0.5) is 18.9 Å². The summed E-state index contributed by atoms with van der Waals surface area (Å²) in [4.78, 5) is 11.7. The van der Waals surface area contributed by atoms with Crippen LogP contribution in [0, 0.1) is 11.3 Å². The Bertz CT molecular complexity index is 700. The number of carbonyl (C=O) groups excluding carboxylic acids is 1. The normalized spacial score (nSPS) is 11.0. The SMILES string of the molecule is N#Cc1cccc(NC(=O)Cn2ccc(C(F)(F)F)n2)c1. The molecule has 108 valence electrons. The summed E-state index contributed by atoms with van der Waals surface area (Å²) in [5, 5.41) is 14.5. The Morgan fingerprint density at radius 1 is 1.38 bits per heavy atom. The fourth-order valence-electron chi connectivity index (χ4n) is 1.62. The maximum atomic E-state index is 12.4. The number of halogens is 3. The molecule has 2 rings (SSSR count). The third kappa shape index (κ3) is 3.82. The van der Waals surface area contributed by atoms with Gasteiger partial charge in [-0.15, -0.1) is 0 Å². The predicted molar refractivity (Wildman–Crippen MR) is 67.0 cm³/mol. The standard InChI is InChI=1S/C13H9F3N4O/c14-13(15,16)11-4-5-20(19-11)8-12(21)18-10-3-1-2-9(6-10)7-17/h1-6H,8H2,(H,18,21). The van der Waals surface area contributed by atoms with Crippen molar-refractivity contribution in [3.05, 3.63) is 47.8 Å². The van der Waals surface area contributed by atoms with E-state index in [-0.39, 0.29) is 6.54 Å². The van der Waals surface area contributed by atoms with Gasteiger partial charge in [0.05, 0.1) is 11.6 Å². The Morgan fingerprint density at radius 3 is 2.76 bits per heavy atom. The zero-order valence-corrected chi connectivity index (χ0v) is 10.6. The number of hydrogen-bond acceptors (Lipinski definition) is 3. The summed E-state index contributed by atoms with van der Waals surface area (Å²) in [6, 6.07) is 8.90. The van der Waals surface area contributed by atoms with Crippen LogP contribution in [0.3, 0.4) is 0 Å². The molecule has 21 heavy (non-hydrogen) atoms. The number of nitrogens with one attached hydrogen (secondary N) is 1. The molecule has 0 saturated carbocycles. The third-order valence-corrected chi connectivity index (χ3v) is 2.51. The van der Waals surface area contributed by atoms with Gasteiger partial charge in [0.15, 0.2) is 5.69 Å². The zero-order valence-electron chi connectivity index (χ0n) is 10.6. The first-order chi connectivity index (χ1) is 9.88. The minimum Gasteiger partial charge on any atom is -0.324 e. The number of benzene rings is 1. The highest BCUT2D eigenvalue weighted by Crippen LogP contribution is 2.27. The van der Waals surface area contributed by atoms with Gasteiger partial charge in [0, 0.05) is 11.9 Å². The molecule has 1 heterocycles. The summed E-state index contributed by atoms with van der Waals surface area (Å²) >= 11 is 0. The number of nitrogens with zero attached hydrogens (tertiary/aromatic N) is 3. The Labute approximate surface area is 117 Å². The van der Waals surface area contributed by atoms with Crippen molar-refractivity contribution in [3.63, 3.8) is 0 Å². The fraction of sp³-hybridized carbons (Fsp3) is 0.154. The Balaban J connectivity index is 2.02. The van der Waals surface area contributed by atoms with E-state index in [0.29, 0.717) is 11.3 Å². The quantitative estimate of drug-likeness (QED) is 0.945. The van der Waals surface area contributed by atoms with Gasteiger partial charge in [0.1, 0.15) is 6.54 Å². The van der Waals surface area contributed by atoms with Crippen molar-refractivity contribution < 1.29 is 18.0 Å². The lowest BCUT2D eigenvalue weighted by Crippen LogP contribution is -2.19. The molecule has 1 N–H and O–H groups in total. The second-order valence-electron chi connectivity index (χ2n) is 4.14. The number of anilines is 1. The topological polar surface area (TPSA) is 70.7 Å². The van der Waals surface area contributed by atoms with Crippen LogP contribution in [-0.2, 0) is 17.5 Å². The van der Waals surface area contributed by atoms with E-state index >= 15 is 0 Å². The summed E-state index contributed by atoms with van der Waals surface area (Å²) in [6.45, 7) is -0.354. The molecule has 0 spiro atoms. The molecule has 0 aliphatic carbocycles. The molecule has 0 aliphatic heterocycles. The fourth-order valence-corrected chi connectivity index (χ4v) is 1.62. The minimum atomic E-state index is -4.54. The third-order valence-electron chi connectivity index (χ3n) is 2.51. The minimum absolute atomic E-state index is 0.354. The average molecular weight is 294 g/mol. The molecule has 0 atom stereocenters. The van der Waals surface area contributed by atoms with Gasteiger partial charge >= 0.3 is 6.18 Å². The highest BCUT2D eigenvalue weighted by Gasteiger charge is 2.33. The molecular formula is C13H9F3N4O. The van der Waals surface area contributed by atoms with Crippen LogP contribution in [-0.4, -0.2) is 15.7 Å². The number of aromatic nitrogens is 2. The summed E-state index contributed by atoms with van der Waals surface area (Å²) in [5.41, 5.74) is -0.296. The monoisotopic (exact) mass is 294 g/mol. The molecule has 0 aliphatic rings. The van der Waals surface area contributed by atoms with Crippen LogP contribution in [0.1, 0.15) is 11.3 Å². The first-order valence-corrected chi connectivity index (χ1v) is 5.79. The van der Waals surface area contributed by atoms with Gasteiger partial charge in [-0.05, 0) is 24.3 Å². The smallest absolute Gasteiger partial charge is 0.324 e. The number of hydrogen-bond donors (Lipinski definition) is 1. The van der Waals surface area contributed by atoms with Crippen LogP contribution < -0.4 is 5.32 Å². The van der Waals surface area contributed by atoms with E-state index in [1.54, 1.807) is 18.2 Å². The summed E-state index contributed by atoms with van der Waals surface area (Å²) in [5.74, 6) is -0.540. The highest BCUT2D eigenvalue weighted by atomic mass is 19.4. The van der Waals surface area contributed by atoms with Crippen molar-refractivity contribution in [1.29, 1.82) is 5.26 Å². The van der Waals surface area contributed by atoms with Gasteiger partial charge in [0.2, 0.25) is 5.91 Å². The van der Waals surface area contributed by atoms with Gasteiger partial charge in [-0.25, -0.2) is 0 Å². The first kappa shape index (κ1) is 14.6. The molecule has 0 fully saturated rings. The average Bonchev–Trinajstić information content (AvgIpc) is 2.87. The maximum Gasteiger partial charge on any atom is 0.435 e. The Morgan fingerprint density at radius 2 is 2.14 bits per heavy atom. The molecular weight excluding hydrogens is 285 g/mol. The maximum absolute atomic E-state index is 12.4. The van der Waals surface area contributed by atoms with Crippen molar-refractivity contribution in [2.75, 3.05) is 5.32 Å². The van der Waals surface area contributed by atoms with Crippen LogP contribution in [0.25, 0.3) is 0 Å². The molecule has 5 nitrogen and oxygen atoms in total. The molecule has 1 aromatic carbocycles. The second-order valence-corrected chi connectivity index (χ2v) is 4.14. The molecule has 0 unspecified atom stereocenters. The number of amides is 1. The van der Waals surface area contributed by atoms with Gasteiger partial charge in [-0.1, -0.05) is 6.07 Å². The summed E-state index contributed by atoms with van der Waals surface area (Å²) in [6.07, 6.45) is -3.46. The van der Waals surface area contributed by atoms with E-state index < -0.39 is 17.8 Å². The molecule has 1 amide bonds. The van der Waals surface area contributed by atoms with Crippen LogP contribution in [0.5, 0.6) is 0 Å². The molecule has 2 aromatic rings. The molecule has 8 heteroatoms. The van der Waals surface area contributed by atoms with Crippen molar-refractivity contribution in [1.82, 2.24) is 9.78 Å². The van der Waals surface area contributed by atoms with E-state index in [1.165, 1.54) is 6.07 Å². The lowest BCUT2D eigenvalue weighted by molar-refractivity contribution is -0.141. The largest absolute Gasteiger partial charge is 0.435 e. The van der Waals surface area contributed by atoms with Crippen LogP contribution in [0.15, 0.2) is 36.5 Å². The highest BCUT2D eigenvalue weighted by molar-refractivity contribution is 5.90. The van der Waals surface area contributed by atoms with E-state index in [1.807, 2.05) is 6.07 Å². The van der Waals surface area contributed by atoms with Crippen molar-refractivity contribution in [2.24, 2.45) is 0 Å². The van der Waals surface area contributed by atoms with Gasteiger partial charge in [0.25, 0.3) is 0 Å². The van der Waals surface area contributed by atoms with Gasteiger partial charge < -0.3 is 5.32 Å². The first-order valence-electron chi connectivity index (χ1n) is 5.79. The lowest BCUT2D eigenvalue weighted by atomic mass is 10.2. The zero-order chi connectivity index (χ0) is 15.5. The Hall–Kier alpha value is -2.82. The van der Waals surface area contributed by atoms with E-state index in [0.717, 1.165) is 16.9 Å². The molecule has 0 radical (unpaired) electrons. The van der Waals surface area contributed by atoms with Crippen LogP contribution in [0.2, 0.25) is 0 Å².